The van der Waals surface area contributed by atoms with Crippen LogP contribution >= 0.6 is 12.2 Å². The number of nitrogens with two attached hydrogens (primary N) is 1. The highest BCUT2D eigenvalue weighted by atomic mass is 32.1. The average molecular weight is 276 g/mol. The van der Waals surface area contributed by atoms with Crippen LogP contribution in [0.4, 0.5) is 0 Å². The van der Waals surface area contributed by atoms with Gasteiger partial charge in [-0.1, -0.05) is 30.4 Å². The number of hydrogen-bond acceptors (Lipinski definition) is 3. The molecule has 19 heavy (non-hydrogen) atoms. The van der Waals surface area contributed by atoms with Gasteiger partial charge < -0.3 is 5.73 Å². The second-order valence-corrected chi connectivity index (χ2v) is 5.58. The SMILES string of the molecule is CC(C)N(CC(N)=S)Cc1nn(C)c2ccccc12. The van der Waals surface area contributed by atoms with E-state index in [1.54, 1.807) is 0 Å². The van der Waals surface area contributed by atoms with Crippen molar-refractivity contribution in [3.8, 4) is 0 Å². The Labute approximate surface area is 119 Å². The maximum atomic E-state index is 5.67. The lowest BCUT2D eigenvalue weighted by molar-refractivity contribution is 0.242. The summed E-state index contributed by atoms with van der Waals surface area (Å²) in [5, 5.41) is 5.80. The number of benzene rings is 1. The number of aromatic nitrogens is 2. The minimum atomic E-state index is 0.377. The van der Waals surface area contributed by atoms with E-state index in [4.69, 9.17) is 18.0 Å². The number of aryl methyl sites for hydroxylation is 1. The summed E-state index contributed by atoms with van der Waals surface area (Å²) >= 11 is 5.02. The van der Waals surface area contributed by atoms with Crippen molar-refractivity contribution >= 4 is 28.1 Å². The highest BCUT2D eigenvalue weighted by Gasteiger charge is 2.15. The predicted octanol–water partition coefficient (Wildman–Crippen LogP) is 2.07. The Kier molecular flexibility index (Phi) is 4.17. The molecule has 0 atom stereocenters. The van der Waals surface area contributed by atoms with Gasteiger partial charge in [-0.25, -0.2) is 0 Å². The van der Waals surface area contributed by atoms with Gasteiger partial charge >= 0.3 is 0 Å². The fourth-order valence-corrected chi connectivity index (χ4v) is 2.38. The minimum Gasteiger partial charge on any atom is -0.392 e. The molecule has 0 amide bonds. The van der Waals surface area contributed by atoms with Crippen molar-refractivity contribution in [3.63, 3.8) is 0 Å². The smallest absolute Gasteiger partial charge is 0.0870 e. The molecule has 0 unspecified atom stereocenters. The molecule has 1 aromatic heterocycles. The van der Waals surface area contributed by atoms with Gasteiger partial charge in [-0.3, -0.25) is 9.58 Å². The molecule has 102 valence electrons. The molecule has 0 aliphatic heterocycles. The molecule has 0 saturated carbocycles. The Morgan fingerprint density at radius 3 is 2.74 bits per heavy atom. The van der Waals surface area contributed by atoms with Crippen LogP contribution in [-0.2, 0) is 13.6 Å². The van der Waals surface area contributed by atoms with Crippen molar-refractivity contribution in [2.75, 3.05) is 6.54 Å². The predicted molar refractivity (Wildman–Crippen MR) is 83.0 cm³/mol. The van der Waals surface area contributed by atoms with E-state index in [1.165, 1.54) is 5.39 Å². The number of para-hydroxylation sites is 1. The molecule has 2 rings (SSSR count). The molecular formula is C14H20N4S. The second-order valence-electron chi connectivity index (χ2n) is 5.05. The number of fused-ring (bicyclic) bond motifs is 1. The van der Waals surface area contributed by atoms with Gasteiger partial charge in [0.2, 0.25) is 0 Å². The highest BCUT2D eigenvalue weighted by Crippen LogP contribution is 2.19. The molecule has 0 fully saturated rings. The van der Waals surface area contributed by atoms with E-state index in [2.05, 4.69) is 36.0 Å². The van der Waals surface area contributed by atoms with Crippen molar-refractivity contribution in [2.45, 2.75) is 26.4 Å². The summed E-state index contributed by atoms with van der Waals surface area (Å²) in [6, 6.07) is 8.64. The van der Waals surface area contributed by atoms with Gasteiger partial charge in [0.15, 0.2) is 0 Å². The Balaban J connectivity index is 2.31. The number of hydrogen-bond donors (Lipinski definition) is 1. The van der Waals surface area contributed by atoms with E-state index >= 15 is 0 Å². The van der Waals surface area contributed by atoms with Gasteiger partial charge in [0.1, 0.15) is 0 Å². The molecule has 0 aliphatic rings. The topological polar surface area (TPSA) is 47.1 Å². The first-order valence-corrected chi connectivity index (χ1v) is 6.83. The maximum Gasteiger partial charge on any atom is 0.0870 e. The molecule has 0 aliphatic carbocycles. The Bertz CT molecular complexity index is 588. The summed E-state index contributed by atoms with van der Waals surface area (Å²) in [6.07, 6.45) is 0. The largest absolute Gasteiger partial charge is 0.392 e. The van der Waals surface area contributed by atoms with Crippen LogP contribution in [0.25, 0.3) is 10.9 Å². The lowest BCUT2D eigenvalue weighted by Crippen LogP contribution is -2.37. The van der Waals surface area contributed by atoms with Crippen molar-refractivity contribution < 1.29 is 0 Å². The molecule has 5 heteroatoms. The fourth-order valence-electron chi connectivity index (χ4n) is 2.22. The van der Waals surface area contributed by atoms with E-state index < -0.39 is 0 Å². The quantitative estimate of drug-likeness (QED) is 0.849. The van der Waals surface area contributed by atoms with Gasteiger partial charge in [0, 0.05) is 31.6 Å². The van der Waals surface area contributed by atoms with Gasteiger partial charge in [0.05, 0.1) is 16.2 Å². The first kappa shape index (κ1) is 14.0. The van der Waals surface area contributed by atoms with Gasteiger partial charge in [-0.15, -0.1) is 0 Å². The summed E-state index contributed by atoms with van der Waals surface area (Å²) in [5.74, 6) is 0. The van der Waals surface area contributed by atoms with Gasteiger partial charge in [-0.2, -0.15) is 5.10 Å². The van der Waals surface area contributed by atoms with E-state index in [1.807, 2.05) is 23.9 Å². The molecule has 1 heterocycles. The molecule has 0 saturated heterocycles. The second kappa shape index (κ2) is 5.67. The molecular weight excluding hydrogens is 256 g/mol. The molecule has 4 nitrogen and oxygen atoms in total. The maximum absolute atomic E-state index is 5.67. The van der Waals surface area contributed by atoms with Crippen LogP contribution in [0.1, 0.15) is 19.5 Å². The zero-order valence-corrected chi connectivity index (χ0v) is 12.4. The summed E-state index contributed by atoms with van der Waals surface area (Å²) < 4.78 is 1.92. The molecule has 0 bridgehead atoms. The third kappa shape index (κ3) is 3.11. The van der Waals surface area contributed by atoms with Crippen LogP contribution in [0, 0.1) is 0 Å². The number of thiocarbonyl (C=S) groups is 1. The highest BCUT2D eigenvalue weighted by molar-refractivity contribution is 7.80. The molecule has 2 aromatic rings. The molecule has 1 aromatic carbocycles. The minimum absolute atomic E-state index is 0.377. The van der Waals surface area contributed by atoms with Crippen LogP contribution in [0.3, 0.4) is 0 Å². The zero-order chi connectivity index (χ0) is 14.0. The summed E-state index contributed by atoms with van der Waals surface area (Å²) in [4.78, 5) is 2.76. The number of nitrogens with zero attached hydrogens (tertiary/aromatic N) is 3. The first-order valence-electron chi connectivity index (χ1n) is 6.42. The van der Waals surface area contributed by atoms with Crippen LogP contribution in [0.2, 0.25) is 0 Å². The average Bonchev–Trinajstić information content (AvgIpc) is 2.66. The van der Waals surface area contributed by atoms with E-state index in [0.29, 0.717) is 17.6 Å². The third-order valence-corrected chi connectivity index (χ3v) is 3.41. The van der Waals surface area contributed by atoms with Crippen molar-refractivity contribution in [2.24, 2.45) is 12.8 Å². The third-order valence-electron chi connectivity index (χ3n) is 3.28. The van der Waals surface area contributed by atoms with E-state index in [0.717, 1.165) is 17.8 Å². The summed E-state index contributed by atoms with van der Waals surface area (Å²) in [5.41, 5.74) is 7.89. The monoisotopic (exact) mass is 276 g/mol. The van der Waals surface area contributed by atoms with Gasteiger partial charge in [0.25, 0.3) is 0 Å². The Morgan fingerprint density at radius 2 is 2.11 bits per heavy atom. The van der Waals surface area contributed by atoms with E-state index in [9.17, 15) is 0 Å². The van der Waals surface area contributed by atoms with Crippen LogP contribution in [-0.4, -0.2) is 32.3 Å². The van der Waals surface area contributed by atoms with Crippen molar-refractivity contribution in [1.82, 2.24) is 14.7 Å². The normalized spacial score (nSPS) is 11.6. The first-order chi connectivity index (χ1) is 8.99. The molecule has 0 spiro atoms. The lowest BCUT2D eigenvalue weighted by atomic mass is 10.2. The molecule has 0 radical (unpaired) electrons. The summed E-state index contributed by atoms with van der Waals surface area (Å²) in [7, 11) is 1.97. The van der Waals surface area contributed by atoms with Crippen LogP contribution in [0.15, 0.2) is 24.3 Å². The Morgan fingerprint density at radius 1 is 1.42 bits per heavy atom. The lowest BCUT2D eigenvalue weighted by Gasteiger charge is -2.24. The number of rotatable bonds is 5. The van der Waals surface area contributed by atoms with Crippen molar-refractivity contribution in [3.05, 3.63) is 30.0 Å². The fraction of sp³-hybridized carbons (Fsp3) is 0.429. The Hall–Kier alpha value is -1.46. The van der Waals surface area contributed by atoms with Crippen LogP contribution in [0.5, 0.6) is 0 Å². The summed E-state index contributed by atoms with van der Waals surface area (Å²) in [6.45, 7) is 5.67. The van der Waals surface area contributed by atoms with Crippen molar-refractivity contribution in [1.29, 1.82) is 0 Å². The van der Waals surface area contributed by atoms with Gasteiger partial charge in [-0.05, 0) is 19.9 Å². The van der Waals surface area contributed by atoms with Crippen LogP contribution < -0.4 is 5.73 Å². The molecule has 2 N–H and O–H groups in total. The zero-order valence-electron chi connectivity index (χ0n) is 11.6. The van der Waals surface area contributed by atoms with E-state index in [-0.39, 0.29) is 0 Å². The standard InChI is InChI=1S/C14H20N4S/c1-10(2)18(9-14(15)19)8-12-11-6-4-5-7-13(11)17(3)16-12/h4-7,10H,8-9H2,1-3H3,(H2,15,19).